The van der Waals surface area contributed by atoms with Gasteiger partial charge in [0.25, 0.3) is 0 Å². The fourth-order valence-corrected chi connectivity index (χ4v) is 3.23. The predicted octanol–water partition coefficient (Wildman–Crippen LogP) is 3.35. The molecule has 5 nitrogen and oxygen atoms in total. The molecule has 1 heterocycles. The Morgan fingerprint density at radius 3 is 2.64 bits per heavy atom. The van der Waals surface area contributed by atoms with E-state index in [9.17, 15) is 0 Å². The van der Waals surface area contributed by atoms with Gasteiger partial charge in [-0.3, -0.25) is 4.99 Å². The van der Waals surface area contributed by atoms with Crippen molar-refractivity contribution in [1.29, 1.82) is 0 Å². The topological polar surface area (TPSA) is 46.1 Å². The zero-order chi connectivity index (χ0) is 17.4. The number of ether oxygens (including phenoxy) is 2. The average molecular weight is 461 g/mol. The summed E-state index contributed by atoms with van der Waals surface area (Å²) in [6.07, 6.45) is 2.25. The molecule has 1 N–H and O–H groups in total. The Bertz CT molecular complexity index is 522. The summed E-state index contributed by atoms with van der Waals surface area (Å²) in [4.78, 5) is 6.77. The monoisotopic (exact) mass is 461 g/mol. The Balaban J connectivity index is 0.00000312. The number of nitrogens with zero attached hydrogens (tertiary/aromatic N) is 2. The number of aliphatic imine (C=N–C) groups is 1. The Kier molecular flexibility index (Phi) is 10.2. The Morgan fingerprint density at radius 1 is 1.32 bits per heavy atom. The van der Waals surface area contributed by atoms with Gasteiger partial charge in [0.2, 0.25) is 0 Å². The zero-order valence-corrected chi connectivity index (χ0v) is 18.2. The Labute approximate surface area is 169 Å². The maximum Gasteiger partial charge on any atom is 0.193 e. The van der Waals surface area contributed by atoms with E-state index in [1.54, 1.807) is 14.2 Å². The van der Waals surface area contributed by atoms with Crippen LogP contribution in [0.3, 0.4) is 0 Å². The Morgan fingerprint density at radius 2 is 2.04 bits per heavy atom. The van der Waals surface area contributed by atoms with Gasteiger partial charge in [-0.05, 0) is 36.5 Å². The quantitative estimate of drug-likeness (QED) is 0.385. The van der Waals surface area contributed by atoms with Gasteiger partial charge in [-0.15, -0.1) is 24.0 Å². The first-order chi connectivity index (χ1) is 11.7. The number of rotatable bonds is 7. The standard InChI is InChI=1S/C19H31N3O2.HI/c1-15(17-5-7-18(24-4)8-6-17)9-11-21-19(20-2)22-12-10-16(13-22)14-23-3;/h5-8,15-16H,9-14H2,1-4H3,(H,20,21);1H. The largest absolute Gasteiger partial charge is 0.497 e. The molecule has 1 saturated heterocycles. The van der Waals surface area contributed by atoms with Crippen LogP contribution in [-0.2, 0) is 4.74 Å². The predicted molar refractivity (Wildman–Crippen MR) is 114 cm³/mol. The first-order valence-electron chi connectivity index (χ1n) is 8.76. The summed E-state index contributed by atoms with van der Waals surface area (Å²) in [5, 5.41) is 3.51. The smallest absolute Gasteiger partial charge is 0.193 e. The lowest BCUT2D eigenvalue weighted by Crippen LogP contribution is -2.40. The van der Waals surface area contributed by atoms with E-state index in [2.05, 4.69) is 34.3 Å². The summed E-state index contributed by atoms with van der Waals surface area (Å²) in [5.41, 5.74) is 1.34. The van der Waals surface area contributed by atoms with E-state index >= 15 is 0 Å². The van der Waals surface area contributed by atoms with E-state index in [0.717, 1.165) is 44.4 Å². The molecule has 0 aromatic heterocycles. The molecule has 1 aromatic rings. The van der Waals surface area contributed by atoms with E-state index < -0.39 is 0 Å². The second-order valence-electron chi connectivity index (χ2n) is 6.49. The summed E-state index contributed by atoms with van der Waals surface area (Å²) in [7, 11) is 5.33. The molecule has 1 fully saturated rings. The third kappa shape index (κ3) is 6.66. The first-order valence-corrected chi connectivity index (χ1v) is 8.76. The fraction of sp³-hybridized carbons (Fsp3) is 0.632. The van der Waals surface area contributed by atoms with Crippen LogP contribution in [0.15, 0.2) is 29.3 Å². The molecule has 25 heavy (non-hydrogen) atoms. The number of halogens is 1. The van der Waals surface area contributed by atoms with Gasteiger partial charge in [-0.1, -0.05) is 19.1 Å². The van der Waals surface area contributed by atoms with E-state index in [0.29, 0.717) is 11.8 Å². The van der Waals surface area contributed by atoms with Gasteiger partial charge in [0, 0.05) is 39.7 Å². The van der Waals surface area contributed by atoms with E-state index in [1.165, 1.54) is 12.0 Å². The van der Waals surface area contributed by atoms with Crippen LogP contribution in [-0.4, -0.2) is 58.4 Å². The summed E-state index contributed by atoms with van der Waals surface area (Å²) in [6.45, 7) is 6.10. The van der Waals surface area contributed by atoms with Crippen LogP contribution in [0.1, 0.15) is 31.2 Å². The highest BCUT2D eigenvalue weighted by atomic mass is 127. The number of likely N-dealkylation sites (tertiary alicyclic amines) is 1. The van der Waals surface area contributed by atoms with Crippen molar-refractivity contribution in [3.63, 3.8) is 0 Å². The van der Waals surface area contributed by atoms with Crippen LogP contribution in [0, 0.1) is 5.92 Å². The van der Waals surface area contributed by atoms with Gasteiger partial charge in [0.1, 0.15) is 5.75 Å². The zero-order valence-electron chi connectivity index (χ0n) is 15.8. The van der Waals surface area contributed by atoms with Gasteiger partial charge in [0.15, 0.2) is 5.96 Å². The summed E-state index contributed by atoms with van der Waals surface area (Å²) >= 11 is 0. The molecule has 0 bridgehead atoms. The van der Waals surface area contributed by atoms with Crippen molar-refractivity contribution in [3.8, 4) is 5.75 Å². The molecule has 6 heteroatoms. The third-order valence-electron chi connectivity index (χ3n) is 4.74. The fourth-order valence-electron chi connectivity index (χ4n) is 3.23. The molecule has 0 radical (unpaired) electrons. The van der Waals surface area contributed by atoms with Crippen LogP contribution in [0.4, 0.5) is 0 Å². The van der Waals surface area contributed by atoms with Crippen LogP contribution < -0.4 is 10.1 Å². The third-order valence-corrected chi connectivity index (χ3v) is 4.74. The minimum atomic E-state index is 0. The average Bonchev–Trinajstić information content (AvgIpc) is 3.07. The summed E-state index contributed by atoms with van der Waals surface area (Å²) in [5.74, 6) is 3.03. The molecule has 0 aliphatic carbocycles. The molecular formula is C19H32IN3O2. The molecule has 1 aliphatic heterocycles. The van der Waals surface area contributed by atoms with Crippen molar-refractivity contribution in [1.82, 2.24) is 10.2 Å². The van der Waals surface area contributed by atoms with Crippen LogP contribution >= 0.6 is 24.0 Å². The van der Waals surface area contributed by atoms with Crippen molar-refractivity contribution >= 4 is 29.9 Å². The number of benzene rings is 1. The van der Waals surface area contributed by atoms with E-state index in [-0.39, 0.29) is 24.0 Å². The van der Waals surface area contributed by atoms with Crippen molar-refractivity contribution in [3.05, 3.63) is 29.8 Å². The Hall–Kier alpha value is -1.02. The highest BCUT2D eigenvalue weighted by molar-refractivity contribution is 14.0. The lowest BCUT2D eigenvalue weighted by molar-refractivity contribution is 0.157. The van der Waals surface area contributed by atoms with Gasteiger partial charge >= 0.3 is 0 Å². The maximum atomic E-state index is 5.27. The molecule has 1 aromatic carbocycles. The van der Waals surface area contributed by atoms with Crippen LogP contribution in [0.5, 0.6) is 5.75 Å². The van der Waals surface area contributed by atoms with E-state index in [4.69, 9.17) is 9.47 Å². The van der Waals surface area contributed by atoms with Gasteiger partial charge in [-0.25, -0.2) is 0 Å². The van der Waals surface area contributed by atoms with Gasteiger partial charge in [0.05, 0.1) is 13.7 Å². The number of nitrogens with one attached hydrogen (secondary N) is 1. The van der Waals surface area contributed by atoms with Crippen molar-refractivity contribution in [2.45, 2.75) is 25.7 Å². The second-order valence-corrected chi connectivity index (χ2v) is 6.49. The lowest BCUT2D eigenvalue weighted by Gasteiger charge is -2.22. The molecule has 142 valence electrons. The number of methoxy groups -OCH3 is 2. The first kappa shape index (κ1) is 22.0. The molecule has 0 amide bonds. The van der Waals surface area contributed by atoms with Crippen molar-refractivity contribution in [2.24, 2.45) is 10.9 Å². The van der Waals surface area contributed by atoms with Crippen LogP contribution in [0.25, 0.3) is 0 Å². The lowest BCUT2D eigenvalue weighted by atomic mass is 9.98. The second kappa shape index (κ2) is 11.6. The SMILES string of the molecule is CN=C(NCCC(C)c1ccc(OC)cc1)N1CCC(COC)C1.I. The highest BCUT2D eigenvalue weighted by Crippen LogP contribution is 2.21. The van der Waals surface area contributed by atoms with Crippen molar-refractivity contribution < 1.29 is 9.47 Å². The molecule has 0 spiro atoms. The molecule has 0 saturated carbocycles. The van der Waals surface area contributed by atoms with Crippen LogP contribution in [0.2, 0.25) is 0 Å². The number of hydrogen-bond acceptors (Lipinski definition) is 3. The minimum absolute atomic E-state index is 0. The van der Waals surface area contributed by atoms with Gasteiger partial charge in [-0.2, -0.15) is 0 Å². The van der Waals surface area contributed by atoms with Crippen molar-refractivity contribution in [2.75, 3.05) is 47.5 Å². The summed E-state index contributed by atoms with van der Waals surface area (Å²) in [6, 6.07) is 8.35. The highest BCUT2D eigenvalue weighted by Gasteiger charge is 2.24. The minimum Gasteiger partial charge on any atom is -0.497 e. The number of hydrogen-bond donors (Lipinski definition) is 1. The molecule has 1 aliphatic rings. The van der Waals surface area contributed by atoms with E-state index in [1.807, 2.05) is 19.2 Å². The molecular weight excluding hydrogens is 429 g/mol. The van der Waals surface area contributed by atoms with Gasteiger partial charge < -0.3 is 19.7 Å². The molecule has 2 atom stereocenters. The maximum absolute atomic E-state index is 5.27. The molecule has 2 rings (SSSR count). The number of guanidine groups is 1. The molecule has 2 unspecified atom stereocenters. The summed E-state index contributed by atoms with van der Waals surface area (Å²) < 4.78 is 10.5. The normalized spacial score (nSPS) is 18.6.